The van der Waals surface area contributed by atoms with Gasteiger partial charge in [0.15, 0.2) is 10.9 Å². The van der Waals surface area contributed by atoms with Crippen LogP contribution >= 0.6 is 11.3 Å². The molecule has 0 atom stereocenters. The summed E-state index contributed by atoms with van der Waals surface area (Å²) in [6.07, 6.45) is 1.60. The quantitative estimate of drug-likeness (QED) is 0.688. The average molecular weight is 383 g/mol. The Hall–Kier alpha value is -2.93. The number of hydrogen-bond acceptors (Lipinski definition) is 5. The van der Waals surface area contributed by atoms with Crippen LogP contribution in [-0.4, -0.2) is 23.8 Å². The van der Waals surface area contributed by atoms with Gasteiger partial charge in [-0.1, -0.05) is 26.0 Å². The summed E-state index contributed by atoms with van der Waals surface area (Å²) in [5.41, 5.74) is 2.66. The first-order chi connectivity index (χ1) is 12.9. The molecule has 0 bridgehead atoms. The van der Waals surface area contributed by atoms with Gasteiger partial charge in [0.05, 0.1) is 18.4 Å². The van der Waals surface area contributed by atoms with Gasteiger partial charge in [-0.05, 0) is 35.7 Å². The lowest BCUT2D eigenvalue weighted by molar-refractivity contribution is -0.117. The number of aromatic nitrogens is 1. The minimum absolute atomic E-state index is 0.0647. The van der Waals surface area contributed by atoms with Crippen molar-refractivity contribution in [1.29, 1.82) is 0 Å². The van der Waals surface area contributed by atoms with Gasteiger partial charge >= 0.3 is 0 Å². The molecule has 0 saturated heterocycles. The van der Waals surface area contributed by atoms with E-state index in [-0.39, 0.29) is 24.0 Å². The molecule has 1 aromatic carbocycles. The van der Waals surface area contributed by atoms with Crippen molar-refractivity contribution in [3.8, 4) is 0 Å². The van der Waals surface area contributed by atoms with Gasteiger partial charge in [0.25, 0.3) is 5.91 Å². The number of nitrogens with one attached hydrogen (secondary N) is 1. The van der Waals surface area contributed by atoms with E-state index in [1.54, 1.807) is 29.5 Å². The van der Waals surface area contributed by atoms with Gasteiger partial charge in [0.2, 0.25) is 5.91 Å². The number of amides is 2. The number of benzene rings is 1. The van der Waals surface area contributed by atoms with Crippen LogP contribution in [0.25, 0.3) is 0 Å². The number of carbonyl (C=O) groups excluding carboxylic acids is 2. The van der Waals surface area contributed by atoms with Crippen LogP contribution in [0.5, 0.6) is 0 Å². The number of carbonyl (C=O) groups is 2. The Balaban J connectivity index is 1.63. The largest absolute Gasteiger partial charge is 0.459 e. The van der Waals surface area contributed by atoms with Gasteiger partial charge in [-0.2, -0.15) is 0 Å². The monoisotopic (exact) mass is 383 g/mol. The molecule has 0 fully saturated rings. The molecule has 6 nitrogen and oxygen atoms in total. The molecular formula is C20H21N3O3S. The van der Waals surface area contributed by atoms with Crippen molar-refractivity contribution in [2.75, 3.05) is 17.3 Å². The number of hydrogen-bond donors (Lipinski definition) is 1. The third kappa shape index (κ3) is 4.62. The van der Waals surface area contributed by atoms with E-state index < -0.39 is 0 Å². The van der Waals surface area contributed by atoms with E-state index in [9.17, 15) is 9.59 Å². The minimum Gasteiger partial charge on any atom is -0.459 e. The van der Waals surface area contributed by atoms with Crippen LogP contribution in [0.15, 0.2) is 52.5 Å². The second kappa shape index (κ2) is 8.18. The Morgan fingerprint density at radius 2 is 2.07 bits per heavy atom. The van der Waals surface area contributed by atoms with Crippen molar-refractivity contribution >= 4 is 34.0 Å². The summed E-state index contributed by atoms with van der Waals surface area (Å²) in [5, 5.41) is 4.87. The highest BCUT2D eigenvalue weighted by Crippen LogP contribution is 2.22. The Morgan fingerprint density at radius 3 is 2.78 bits per heavy atom. The summed E-state index contributed by atoms with van der Waals surface area (Å²) in [7, 11) is 1.76. The summed E-state index contributed by atoms with van der Waals surface area (Å²) in [6, 6.07) is 11.2. The maximum Gasteiger partial charge on any atom is 0.293 e. The molecule has 0 aliphatic rings. The van der Waals surface area contributed by atoms with Crippen molar-refractivity contribution in [3.63, 3.8) is 0 Å². The molecule has 0 aliphatic heterocycles. The second-order valence-corrected chi connectivity index (χ2v) is 7.31. The van der Waals surface area contributed by atoms with Crippen LogP contribution in [0.4, 0.5) is 10.8 Å². The van der Waals surface area contributed by atoms with Gasteiger partial charge in [-0.15, -0.1) is 11.3 Å². The van der Waals surface area contributed by atoms with Gasteiger partial charge in [0, 0.05) is 18.1 Å². The van der Waals surface area contributed by atoms with Gasteiger partial charge in [-0.25, -0.2) is 4.98 Å². The van der Waals surface area contributed by atoms with E-state index in [2.05, 4.69) is 30.2 Å². The van der Waals surface area contributed by atoms with Crippen LogP contribution in [0.1, 0.15) is 41.6 Å². The van der Waals surface area contributed by atoms with E-state index in [0.717, 1.165) is 5.69 Å². The lowest BCUT2D eigenvalue weighted by Crippen LogP contribution is -2.28. The normalized spacial score (nSPS) is 10.8. The highest BCUT2D eigenvalue weighted by atomic mass is 32.1. The molecule has 1 N–H and O–H groups in total. The molecule has 2 aromatic heterocycles. The molecule has 0 aliphatic carbocycles. The number of rotatable bonds is 6. The molecule has 0 radical (unpaired) electrons. The summed E-state index contributed by atoms with van der Waals surface area (Å²) in [5.74, 6) is 0.180. The molecule has 3 rings (SSSR count). The highest BCUT2D eigenvalue weighted by Gasteiger charge is 2.16. The zero-order valence-electron chi connectivity index (χ0n) is 15.4. The van der Waals surface area contributed by atoms with E-state index in [0.29, 0.717) is 16.7 Å². The Morgan fingerprint density at radius 1 is 1.26 bits per heavy atom. The minimum atomic E-state index is -0.366. The van der Waals surface area contributed by atoms with Crippen molar-refractivity contribution in [2.24, 2.45) is 0 Å². The zero-order valence-corrected chi connectivity index (χ0v) is 16.2. The average Bonchev–Trinajstić information content (AvgIpc) is 3.33. The third-order valence-corrected chi connectivity index (χ3v) is 4.95. The third-order valence-electron chi connectivity index (χ3n) is 4.15. The van der Waals surface area contributed by atoms with Crippen LogP contribution in [0, 0.1) is 0 Å². The fourth-order valence-corrected chi connectivity index (χ4v) is 3.23. The first kappa shape index (κ1) is 18.8. The van der Waals surface area contributed by atoms with Crippen molar-refractivity contribution in [2.45, 2.75) is 26.2 Å². The van der Waals surface area contributed by atoms with E-state index in [4.69, 9.17) is 4.42 Å². The number of nitrogens with zero attached hydrogens (tertiary/aromatic N) is 2. The molecule has 0 spiro atoms. The molecule has 7 heteroatoms. The topological polar surface area (TPSA) is 75.4 Å². The Kier molecular flexibility index (Phi) is 5.71. The Bertz CT molecular complexity index is 932. The smallest absolute Gasteiger partial charge is 0.293 e. The molecule has 0 unspecified atom stereocenters. The molecule has 2 heterocycles. The molecule has 140 valence electrons. The molecule has 0 saturated carbocycles. The lowest BCUT2D eigenvalue weighted by Gasteiger charge is -2.18. The molecule has 3 aromatic rings. The zero-order chi connectivity index (χ0) is 19.4. The van der Waals surface area contributed by atoms with Crippen LogP contribution < -0.4 is 10.2 Å². The van der Waals surface area contributed by atoms with Gasteiger partial charge in [-0.3, -0.25) is 14.9 Å². The first-order valence-corrected chi connectivity index (χ1v) is 9.48. The van der Waals surface area contributed by atoms with E-state index >= 15 is 0 Å². The van der Waals surface area contributed by atoms with E-state index in [1.807, 2.05) is 18.2 Å². The van der Waals surface area contributed by atoms with Crippen LogP contribution in [0.2, 0.25) is 0 Å². The molecule has 2 amide bonds. The first-order valence-electron chi connectivity index (χ1n) is 8.60. The summed E-state index contributed by atoms with van der Waals surface area (Å²) < 4.78 is 5.05. The van der Waals surface area contributed by atoms with Crippen LogP contribution in [0.3, 0.4) is 0 Å². The van der Waals surface area contributed by atoms with Gasteiger partial charge in [0.1, 0.15) is 0 Å². The Labute approximate surface area is 161 Å². The maximum atomic E-state index is 12.6. The molecule has 27 heavy (non-hydrogen) atoms. The number of likely N-dealkylation sites (N-methyl/N-ethyl adjacent to an activating group) is 1. The number of thiazole rings is 1. The maximum absolute atomic E-state index is 12.6. The highest BCUT2D eigenvalue weighted by molar-refractivity contribution is 7.14. The van der Waals surface area contributed by atoms with Crippen LogP contribution in [-0.2, 0) is 11.2 Å². The second-order valence-electron chi connectivity index (χ2n) is 6.45. The van der Waals surface area contributed by atoms with Gasteiger partial charge < -0.3 is 9.32 Å². The summed E-state index contributed by atoms with van der Waals surface area (Å²) in [4.78, 5) is 30.5. The fourth-order valence-electron chi connectivity index (χ4n) is 2.52. The van der Waals surface area contributed by atoms with Crippen molar-refractivity contribution in [3.05, 3.63) is 65.1 Å². The molecular weight excluding hydrogens is 362 g/mol. The van der Waals surface area contributed by atoms with E-state index in [1.165, 1.54) is 23.2 Å². The SMILES string of the molecule is CC(C)c1cccc(N(C)C(=O)Cc2csc(NC(=O)c3ccco3)n2)c1. The van der Waals surface area contributed by atoms with Crippen molar-refractivity contribution < 1.29 is 14.0 Å². The fraction of sp³-hybridized carbons (Fsp3) is 0.250. The lowest BCUT2D eigenvalue weighted by atomic mass is 10.0. The predicted octanol–water partition coefficient (Wildman–Crippen LogP) is 4.32. The number of furan rings is 1. The standard InChI is InChI=1S/C20H21N3O3S/c1-13(2)14-6-4-7-16(10-14)23(3)18(24)11-15-12-27-20(21-15)22-19(25)17-8-5-9-26-17/h4-10,12-13H,11H2,1-3H3,(H,21,22,25). The van der Waals surface area contributed by atoms with Crippen molar-refractivity contribution in [1.82, 2.24) is 4.98 Å². The number of anilines is 2. The predicted molar refractivity (Wildman–Crippen MR) is 106 cm³/mol. The summed E-state index contributed by atoms with van der Waals surface area (Å²) in [6.45, 7) is 4.24. The summed E-state index contributed by atoms with van der Waals surface area (Å²) >= 11 is 1.28.